The molecule has 1 atom stereocenters. The summed E-state index contributed by atoms with van der Waals surface area (Å²) in [5.74, 6) is 3.05. The highest BCUT2D eigenvalue weighted by Crippen LogP contribution is 2.48. The zero-order valence-electron chi connectivity index (χ0n) is 25.1. The molecular formula is C33H41FN8O. The number of hydrogen-bond donors (Lipinski definition) is 1. The molecule has 9 nitrogen and oxygen atoms in total. The smallest absolute Gasteiger partial charge is 0.282 e. The maximum atomic E-state index is 14.5. The van der Waals surface area contributed by atoms with Crippen molar-refractivity contribution < 1.29 is 9.13 Å². The van der Waals surface area contributed by atoms with Crippen molar-refractivity contribution in [3.8, 4) is 22.9 Å². The minimum absolute atomic E-state index is 0.268. The van der Waals surface area contributed by atoms with Crippen molar-refractivity contribution in [2.45, 2.75) is 82.8 Å². The molecule has 4 heterocycles. The molecule has 2 aliphatic heterocycles. The van der Waals surface area contributed by atoms with Crippen LogP contribution in [0.15, 0.2) is 36.8 Å². The third-order valence-corrected chi connectivity index (χ3v) is 10.4. The lowest BCUT2D eigenvalue weighted by atomic mass is 9.68. The van der Waals surface area contributed by atoms with Crippen LogP contribution in [0.1, 0.15) is 70.3 Å². The van der Waals surface area contributed by atoms with E-state index in [1.807, 2.05) is 6.07 Å². The van der Waals surface area contributed by atoms with E-state index in [4.69, 9.17) is 4.74 Å². The van der Waals surface area contributed by atoms with Crippen molar-refractivity contribution in [2.24, 2.45) is 17.3 Å². The molecule has 1 aromatic carbocycles. The molecule has 5 aliphatic rings. The summed E-state index contributed by atoms with van der Waals surface area (Å²) in [7, 11) is 0. The summed E-state index contributed by atoms with van der Waals surface area (Å²) in [6.07, 6.45) is 11.9. The molecule has 43 heavy (non-hydrogen) atoms. The van der Waals surface area contributed by atoms with Crippen LogP contribution in [0.4, 0.5) is 10.2 Å². The predicted molar refractivity (Wildman–Crippen MR) is 161 cm³/mol. The van der Waals surface area contributed by atoms with E-state index in [0.29, 0.717) is 46.6 Å². The minimum Gasteiger partial charge on any atom is -0.434 e. The first-order chi connectivity index (χ1) is 20.9. The van der Waals surface area contributed by atoms with E-state index in [1.54, 1.807) is 12.3 Å². The van der Waals surface area contributed by atoms with Gasteiger partial charge in [-0.25, -0.2) is 9.37 Å². The summed E-state index contributed by atoms with van der Waals surface area (Å²) in [6.45, 7) is 8.89. The molecule has 3 aromatic rings. The zero-order chi connectivity index (χ0) is 29.1. The molecule has 0 amide bonds. The van der Waals surface area contributed by atoms with E-state index in [1.165, 1.54) is 44.1 Å². The lowest BCUT2D eigenvalue weighted by molar-refractivity contribution is -0.0690. The summed E-state index contributed by atoms with van der Waals surface area (Å²) < 4.78 is 20.9. The second kappa shape index (κ2) is 10.7. The number of halogens is 1. The Labute approximate surface area is 252 Å². The van der Waals surface area contributed by atoms with Gasteiger partial charge >= 0.3 is 0 Å². The van der Waals surface area contributed by atoms with E-state index in [9.17, 15) is 4.39 Å². The number of hydrogen-bond acceptors (Lipinski definition) is 9. The predicted octanol–water partition coefficient (Wildman–Crippen LogP) is 5.20. The highest BCUT2D eigenvalue weighted by atomic mass is 19.1. The van der Waals surface area contributed by atoms with Crippen LogP contribution in [-0.2, 0) is 0 Å². The molecule has 226 valence electrons. The molecule has 1 spiro atoms. The minimum atomic E-state index is -0.348. The molecule has 3 aliphatic carbocycles. The molecule has 5 fully saturated rings. The first-order valence-corrected chi connectivity index (χ1v) is 16.2. The van der Waals surface area contributed by atoms with Gasteiger partial charge in [0.25, 0.3) is 5.88 Å². The molecular weight excluding hydrogens is 543 g/mol. The number of rotatable bonds is 10. The topological polar surface area (TPSA) is 92.2 Å². The van der Waals surface area contributed by atoms with Gasteiger partial charge in [0.05, 0.1) is 0 Å². The van der Waals surface area contributed by atoms with Gasteiger partial charge in [-0.2, -0.15) is 10.2 Å². The summed E-state index contributed by atoms with van der Waals surface area (Å²) >= 11 is 0. The second-order valence-electron chi connectivity index (χ2n) is 14.1. The third kappa shape index (κ3) is 5.37. The van der Waals surface area contributed by atoms with Gasteiger partial charge in [-0.15, -0.1) is 10.2 Å². The van der Waals surface area contributed by atoms with Crippen LogP contribution < -0.4 is 15.0 Å². The summed E-state index contributed by atoms with van der Waals surface area (Å²) in [6, 6.07) is 8.69. The fraction of sp³-hybridized carbons (Fsp3) is 0.606. The lowest BCUT2D eigenvalue weighted by Crippen LogP contribution is -2.65. The Hall–Kier alpha value is -3.24. The highest BCUT2D eigenvalue weighted by molar-refractivity contribution is 5.71. The van der Waals surface area contributed by atoms with Crippen molar-refractivity contribution in [3.63, 3.8) is 0 Å². The largest absolute Gasteiger partial charge is 0.434 e. The Bertz CT molecular complexity index is 1480. The second-order valence-corrected chi connectivity index (χ2v) is 14.1. The molecule has 8 rings (SSSR count). The molecule has 2 aromatic heterocycles. The third-order valence-electron chi connectivity index (χ3n) is 10.4. The SMILES string of the molecule is CC(C)[C@@H](C1CC(NC2CC2)C1)N1CC2(CCN(c3ncnnc3Oc3ccc(F)cc3-c3nnccc3C3CC3)C2)C1. The van der Waals surface area contributed by atoms with Gasteiger partial charge in [-0.3, -0.25) is 4.90 Å². The lowest BCUT2D eigenvalue weighted by Gasteiger charge is -2.57. The van der Waals surface area contributed by atoms with E-state index in [-0.39, 0.29) is 11.2 Å². The average molecular weight is 585 g/mol. The first-order valence-electron chi connectivity index (χ1n) is 16.2. The maximum absolute atomic E-state index is 14.5. The standard InChI is InChI=1S/C33H41FN8O/c1-20(2)30(22-13-25(14-22)38-24-6-7-24)42-17-33(18-42)10-12-41(16-33)31-32(40-37-19-35-31)43-28-8-5-23(34)15-27(28)29-26(21-3-4-21)9-11-36-39-29/h5,8-9,11,15,19-22,24-25,30,38H,3-4,6-7,10,12-14,16-18H2,1-2H3/t22?,25?,30-/m0/s1. The number of nitrogens with one attached hydrogen (secondary N) is 1. The van der Waals surface area contributed by atoms with Crippen LogP contribution in [0.2, 0.25) is 0 Å². The fourth-order valence-electron chi connectivity index (χ4n) is 8.02. The van der Waals surface area contributed by atoms with Crippen molar-refractivity contribution in [1.29, 1.82) is 0 Å². The fourth-order valence-corrected chi connectivity index (χ4v) is 8.02. The zero-order valence-corrected chi connectivity index (χ0v) is 25.1. The Morgan fingerprint density at radius 1 is 1.00 bits per heavy atom. The molecule has 0 radical (unpaired) electrons. The van der Waals surface area contributed by atoms with Crippen LogP contribution >= 0.6 is 0 Å². The summed E-state index contributed by atoms with van der Waals surface area (Å²) in [5, 5.41) is 20.7. The number of benzene rings is 1. The quantitative estimate of drug-likeness (QED) is 0.345. The molecule has 0 bridgehead atoms. The van der Waals surface area contributed by atoms with Gasteiger partial charge in [0, 0.05) is 61.5 Å². The van der Waals surface area contributed by atoms with Gasteiger partial charge in [0.15, 0.2) is 5.82 Å². The first kappa shape index (κ1) is 27.3. The summed E-state index contributed by atoms with van der Waals surface area (Å²) in [4.78, 5) is 9.68. The number of aromatic nitrogens is 5. The van der Waals surface area contributed by atoms with Gasteiger partial charge in [-0.1, -0.05) is 13.8 Å². The Morgan fingerprint density at radius 2 is 1.84 bits per heavy atom. The number of likely N-dealkylation sites (tertiary alicyclic amines) is 1. The van der Waals surface area contributed by atoms with Crippen LogP contribution in [-0.4, -0.2) is 74.6 Å². The molecule has 3 saturated carbocycles. The molecule has 0 unspecified atom stereocenters. The number of ether oxygens (including phenoxy) is 1. The van der Waals surface area contributed by atoms with E-state index >= 15 is 0 Å². The Kier molecular flexibility index (Phi) is 6.82. The van der Waals surface area contributed by atoms with Crippen molar-refractivity contribution in [2.75, 3.05) is 31.1 Å². The van der Waals surface area contributed by atoms with Gasteiger partial charge in [-0.05, 0) is 92.5 Å². The Morgan fingerprint density at radius 3 is 2.60 bits per heavy atom. The molecule has 1 N–H and O–H groups in total. The van der Waals surface area contributed by atoms with Gasteiger partial charge in [0.1, 0.15) is 23.6 Å². The highest BCUT2D eigenvalue weighted by Gasteiger charge is 2.53. The van der Waals surface area contributed by atoms with E-state index in [2.05, 4.69) is 54.3 Å². The normalized spacial score (nSPS) is 25.5. The van der Waals surface area contributed by atoms with Crippen LogP contribution in [0.5, 0.6) is 11.6 Å². The van der Waals surface area contributed by atoms with Crippen molar-refractivity contribution in [1.82, 2.24) is 35.6 Å². The van der Waals surface area contributed by atoms with Gasteiger partial charge in [0.2, 0.25) is 0 Å². The van der Waals surface area contributed by atoms with Crippen LogP contribution in [0, 0.1) is 23.1 Å². The van der Waals surface area contributed by atoms with Crippen LogP contribution in [0.25, 0.3) is 11.3 Å². The van der Waals surface area contributed by atoms with Crippen molar-refractivity contribution in [3.05, 3.63) is 48.2 Å². The van der Waals surface area contributed by atoms with Crippen LogP contribution in [0.3, 0.4) is 0 Å². The maximum Gasteiger partial charge on any atom is 0.282 e. The number of nitrogens with zero attached hydrogens (tertiary/aromatic N) is 7. The van der Waals surface area contributed by atoms with Gasteiger partial charge < -0.3 is 15.0 Å². The molecule has 10 heteroatoms. The molecule has 2 saturated heterocycles. The monoisotopic (exact) mass is 584 g/mol. The van der Waals surface area contributed by atoms with E-state index in [0.717, 1.165) is 69.0 Å². The Balaban J connectivity index is 0.971. The van der Waals surface area contributed by atoms with Crippen molar-refractivity contribution >= 4 is 5.82 Å². The average Bonchev–Trinajstić information content (AvgIpc) is 3.91. The van der Waals surface area contributed by atoms with E-state index < -0.39 is 0 Å². The number of anilines is 1. The summed E-state index contributed by atoms with van der Waals surface area (Å²) in [5.41, 5.74) is 2.58.